The van der Waals surface area contributed by atoms with Gasteiger partial charge in [0, 0.05) is 5.56 Å². The van der Waals surface area contributed by atoms with Crippen LogP contribution >= 0.6 is 0 Å². The molecule has 0 amide bonds. The van der Waals surface area contributed by atoms with Crippen LogP contribution in [0.4, 0.5) is 0 Å². The Bertz CT molecular complexity index is 515. The molecule has 2 aromatic rings. The third-order valence-corrected chi connectivity index (χ3v) is 2.41. The molecule has 2 rings (SSSR count). The molecule has 0 heterocycles. The van der Waals surface area contributed by atoms with Gasteiger partial charge < -0.3 is 5.21 Å². The van der Waals surface area contributed by atoms with E-state index in [2.05, 4.69) is 5.16 Å². The number of hydrogen-bond acceptors (Lipinski definition) is 2. The van der Waals surface area contributed by atoms with Crippen LogP contribution in [0.15, 0.2) is 71.9 Å². The molecule has 0 radical (unpaired) electrons. The number of benzene rings is 2. The zero-order chi connectivity index (χ0) is 11.9. The molecule has 0 aromatic heterocycles. The van der Waals surface area contributed by atoms with E-state index in [0.717, 1.165) is 11.1 Å². The van der Waals surface area contributed by atoms with Gasteiger partial charge in [-0.25, -0.2) is 0 Å². The second kappa shape index (κ2) is 5.66. The first-order valence-corrected chi connectivity index (χ1v) is 5.41. The molecule has 0 atom stereocenters. The Morgan fingerprint density at radius 2 is 1.47 bits per heavy atom. The van der Waals surface area contributed by atoms with Crippen LogP contribution in [0.25, 0.3) is 6.08 Å². The lowest BCUT2D eigenvalue weighted by Gasteiger charge is -1.98. The van der Waals surface area contributed by atoms with Crippen LogP contribution in [0.3, 0.4) is 0 Å². The molecule has 0 unspecified atom stereocenters. The SMILES string of the molecule is ON=C(/C=C\c1ccccc1)c1ccccc1. The van der Waals surface area contributed by atoms with Crippen LogP contribution in [0.1, 0.15) is 11.1 Å². The van der Waals surface area contributed by atoms with Gasteiger partial charge in [0.15, 0.2) is 0 Å². The van der Waals surface area contributed by atoms with E-state index in [-0.39, 0.29) is 0 Å². The largest absolute Gasteiger partial charge is 0.410 e. The first-order chi connectivity index (χ1) is 8.40. The fraction of sp³-hybridized carbons (Fsp3) is 0. The van der Waals surface area contributed by atoms with E-state index < -0.39 is 0 Å². The van der Waals surface area contributed by atoms with Crippen molar-refractivity contribution in [2.24, 2.45) is 5.16 Å². The Labute approximate surface area is 101 Å². The Kier molecular flexibility index (Phi) is 3.71. The van der Waals surface area contributed by atoms with E-state index in [9.17, 15) is 0 Å². The molecule has 0 aliphatic rings. The summed E-state index contributed by atoms with van der Waals surface area (Å²) in [5.74, 6) is 0. The normalized spacial score (nSPS) is 11.9. The fourth-order valence-corrected chi connectivity index (χ4v) is 1.54. The average Bonchev–Trinajstić information content (AvgIpc) is 2.42. The lowest BCUT2D eigenvalue weighted by molar-refractivity contribution is 0.320. The zero-order valence-electron chi connectivity index (χ0n) is 9.32. The van der Waals surface area contributed by atoms with Crippen molar-refractivity contribution in [1.29, 1.82) is 0 Å². The minimum atomic E-state index is 0.550. The molecule has 0 fully saturated rings. The van der Waals surface area contributed by atoms with Crippen LogP contribution in [0, 0.1) is 0 Å². The molecular weight excluding hydrogens is 210 g/mol. The second-order valence-electron chi connectivity index (χ2n) is 3.60. The summed E-state index contributed by atoms with van der Waals surface area (Å²) in [5, 5.41) is 12.3. The van der Waals surface area contributed by atoms with Crippen LogP contribution < -0.4 is 0 Å². The van der Waals surface area contributed by atoms with Crippen LogP contribution in [-0.4, -0.2) is 10.9 Å². The van der Waals surface area contributed by atoms with Crippen molar-refractivity contribution in [2.75, 3.05) is 0 Å². The van der Waals surface area contributed by atoms with Crippen molar-refractivity contribution in [3.63, 3.8) is 0 Å². The van der Waals surface area contributed by atoms with Crippen molar-refractivity contribution in [2.45, 2.75) is 0 Å². The van der Waals surface area contributed by atoms with Gasteiger partial charge in [-0.1, -0.05) is 71.9 Å². The summed E-state index contributed by atoms with van der Waals surface area (Å²) in [6.45, 7) is 0. The van der Waals surface area contributed by atoms with Crippen molar-refractivity contribution in [1.82, 2.24) is 0 Å². The molecular formula is C15H13NO. The minimum absolute atomic E-state index is 0.550. The molecule has 0 saturated heterocycles. The molecule has 0 saturated carbocycles. The van der Waals surface area contributed by atoms with Gasteiger partial charge in [0.2, 0.25) is 0 Å². The lowest BCUT2D eigenvalue weighted by Crippen LogP contribution is -1.95. The summed E-state index contributed by atoms with van der Waals surface area (Å²) in [6, 6.07) is 19.5. The van der Waals surface area contributed by atoms with Crippen LogP contribution in [-0.2, 0) is 0 Å². The second-order valence-corrected chi connectivity index (χ2v) is 3.60. The van der Waals surface area contributed by atoms with Gasteiger partial charge in [-0.3, -0.25) is 0 Å². The molecule has 84 valence electrons. The van der Waals surface area contributed by atoms with Crippen LogP contribution in [0.2, 0.25) is 0 Å². The Morgan fingerprint density at radius 3 is 2.06 bits per heavy atom. The summed E-state index contributed by atoms with van der Waals surface area (Å²) in [6.07, 6.45) is 3.72. The standard InChI is InChI=1S/C15H13NO/c17-16-15(14-9-5-2-6-10-14)12-11-13-7-3-1-4-8-13/h1-12,17H/b12-11-,16-15?. The Balaban J connectivity index is 2.20. The molecule has 2 heteroatoms. The predicted molar refractivity (Wildman–Crippen MR) is 70.2 cm³/mol. The molecule has 0 bridgehead atoms. The molecule has 0 spiro atoms. The third-order valence-electron chi connectivity index (χ3n) is 2.41. The summed E-state index contributed by atoms with van der Waals surface area (Å²) in [5.41, 5.74) is 2.52. The number of oxime groups is 1. The summed E-state index contributed by atoms with van der Waals surface area (Å²) in [7, 11) is 0. The number of allylic oxidation sites excluding steroid dienone is 1. The van der Waals surface area contributed by atoms with Crippen LogP contribution in [0.5, 0.6) is 0 Å². The van der Waals surface area contributed by atoms with E-state index in [4.69, 9.17) is 5.21 Å². The molecule has 0 aliphatic heterocycles. The number of rotatable bonds is 3. The molecule has 2 aromatic carbocycles. The van der Waals surface area contributed by atoms with Gasteiger partial charge in [-0.2, -0.15) is 0 Å². The maximum Gasteiger partial charge on any atom is 0.109 e. The third kappa shape index (κ3) is 3.05. The summed E-state index contributed by atoms with van der Waals surface area (Å²) in [4.78, 5) is 0. The smallest absolute Gasteiger partial charge is 0.109 e. The van der Waals surface area contributed by atoms with Gasteiger partial charge in [-0.15, -0.1) is 0 Å². The monoisotopic (exact) mass is 223 g/mol. The van der Waals surface area contributed by atoms with Gasteiger partial charge >= 0.3 is 0 Å². The zero-order valence-corrected chi connectivity index (χ0v) is 9.32. The maximum atomic E-state index is 8.99. The first-order valence-electron chi connectivity index (χ1n) is 5.41. The highest BCUT2D eigenvalue weighted by molar-refractivity contribution is 6.10. The van der Waals surface area contributed by atoms with E-state index >= 15 is 0 Å². The molecule has 0 aliphatic carbocycles. The van der Waals surface area contributed by atoms with E-state index in [1.807, 2.05) is 66.7 Å². The first kappa shape index (κ1) is 11.1. The van der Waals surface area contributed by atoms with Crippen molar-refractivity contribution >= 4 is 11.8 Å². The quantitative estimate of drug-likeness (QED) is 0.481. The van der Waals surface area contributed by atoms with E-state index in [0.29, 0.717) is 5.71 Å². The highest BCUT2D eigenvalue weighted by Gasteiger charge is 1.98. The Morgan fingerprint density at radius 1 is 0.882 bits per heavy atom. The van der Waals surface area contributed by atoms with Gasteiger partial charge in [0.25, 0.3) is 0 Å². The highest BCUT2D eigenvalue weighted by atomic mass is 16.4. The van der Waals surface area contributed by atoms with E-state index in [1.165, 1.54) is 0 Å². The fourth-order valence-electron chi connectivity index (χ4n) is 1.54. The number of nitrogens with zero attached hydrogens (tertiary/aromatic N) is 1. The lowest BCUT2D eigenvalue weighted by atomic mass is 10.1. The minimum Gasteiger partial charge on any atom is -0.410 e. The average molecular weight is 223 g/mol. The maximum absolute atomic E-state index is 8.99. The predicted octanol–water partition coefficient (Wildman–Crippen LogP) is 3.58. The summed E-state index contributed by atoms with van der Waals surface area (Å²) >= 11 is 0. The van der Waals surface area contributed by atoms with Crippen molar-refractivity contribution in [3.8, 4) is 0 Å². The Hall–Kier alpha value is -2.35. The topological polar surface area (TPSA) is 32.6 Å². The van der Waals surface area contributed by atoms with E-state index in [1.54, 1.807) is 6.08 Å². The molecule has 1 N–H and O–H groups in total. The molecule has 17 heavy (non-hydrogen) atoms. The van der Waals surface area contributed by atoms with Gasteiger partial charge in [-0.05, 0) is 11.6 Å². The molecule has 2 nitrogen and oxygen atoms in total. The van der Waals surface area contributed by atoms with Gasteiger partial charge in [0.1, 0.15) is 5.71 Å². The summed E-state index contributed by atoms with van der Waals surface area (Å²) < 4.78 is 0. The van der Waals surface area contributed by atoms with Crippen molar-refractivity contribution in [3.05, 3.63) is 77.9 Å². The number of hydrogen-bond donors (Lipinski definition) is 1. The van der Waals surface area contributed by atoms with Crippen molar-refractivity contribution < 1.29 is 5.21 Å². The van der Waals surface area contributed by atoms with Gasteiger partial charge in [0.05, 0.1) is 0 Å². The highest BCUT2D eigenvalue weighted by Crippen LogP contribution is 2.06.